The van der Waals surface area contributed by atoms with Crippen molar-refractivity contribution in [1.29, 1.82) is 0 Å². The third kappa shape index (κ3) is 1.22. The number of nitrogens with zero attached hydrogens (tertiary/aromatic N) is 1. The predicted octanol–water partition coefficient (Wildman–Crippen LogP) is -1.46. The average Bonchev–Trinajstić information content (AvgIpc) is 2.15. The number of carbonyl (C=O) groups is 2. The van der Waals surface area contributed by atoms with Crippen LogP contribution in [0.5, 0.6) is 0 Å². The number of carbonyl (C=O) groups excluding carboxylic acids is 2. The van der Waals surface area contributed by atoms with E-state index in [0.29, 0.717) is 5.03 Å². The zero-order chi connectivity index (χ0) is 10.5. The van der Waals surface area contributed by atoms with Gasteiger partial charge in [0.15, 0.2) is 11.8 Å². The molecular formula is C7H7ClN2O3S. The summed E-state index contributed by atoms with van der Waals surface area (Å²) in [6.45, 7) is 0. The minimum Gasteiger partial charge on any atom is -0.504 e. The molecule has 0 radical (unpaired) electrons. The van der Waals surface area contributed by atoms with Crippen LogP contribution in [0.4, 0.5) is 4.79 Å². The maximum absolute atomic E-state index is 11.2. The highest BCUT2D eigenvalue weighted by Crippen LogP contribution is 2.33. The summed E-state index contributed by atoms with van der Waals surface area (Å²) in [5.41, 5.74) is 5.50. The van der Waals surface area contributed by atoms with Crippen molar-refractivity contribution in [2.24, 2.45) is 5.73 Å². The maximum atomic E-state index is 11.2. The second kappa shape index (κ2) is 3.15. The molecule has 0 aromatic carbocycles. The molecule has 2 aliphatic heterocycles. The van der Waals surface area contributed by atoms with Crippen molar-refractivity contribution in [3.63, 3.8) is 0 Å². The Labute approximate surface area is 87.8 Å². The molecule has 14 heavy (non-hydrogen) atoms. The molecule has 5 nitrogen and oxygen atoms in total. The maximum Gasteiger partial charge on any atom is 0.275 e. The minimum atomic E-state index is -1.19. The number of β-lactam (4-membered cyclic amide) rings is 1. The van der Waals surface area contributed by atoms with E-state index in [9.17, 15) is 14.7 Å². The van der Waals surface area contributed by atoms with Crippen molar-refractivity contribution in [2.45, 2.75) is 11.4 Å². The van der Waals surface area contributed by atoms with Gasteiger partial charge in [-0.1, -0.05) is 11.6 Å². The van der Waals surface area contributed by atoms with Gasteiger partial charge in [-0.15, -0.1) is 0 Å². The summed E-state index contributed by atoms with van der Waals surface area (Å²) < 4.78 is 0. The van der Waals surface area contributed by atoms with Gasteiger partial charge in [-0.05, 0) is 0 Å². The number of amides is 1. The van der Waals surface area contributed by atoms with E-state index in [2.05, 4.69) is 0 Å². The molecule has 1 amide bonds. The van der Waals surface area contributed by atoms with Crippen molar-refractivity contribution in [3.05, 3.63) is 11.2 Å². The average molecular weight is 235 g/mol. The smallest absolute Gasteiger partial charge is 0.275 e. The quantitative estimate of drug-likeness (QED) is 0.410. The zero-order valence-electron chi connectivity index (χ0n) is 6.97. The first-order valence-corrected chi connectivity index (χ1v) is 5.70. The molecule has 2 N–H and O–H groups in total. The van der Waals surface area contributed by atoms with Crippen LogP contribution >= 0.6 is 11.6 Å². The highest BCUT2D eigenvalue weighted by Gasteiger charge is 2.58. The van der Waals surface area contributed by atoms with Gasteiger partial charge in [0.25, 0.3) is 11.2 Å². The normalized spacial score (nSPS) is 35.9. The predicted molar refractivity (Wildman–Crippen MR) is 50.2 cm³/mol. The van der Waals surface area contributed by atoms with Crippen LogP contribution < -0.4 is 10.8 Å². The van der Waals surface area contributed by atoms with Gasteiger partial charge in [0, 0.05) is 6.20 Å². The zero-order valence-corrected chi connectivity index (χ0v) is 8.55. The summed E-state index contributed by atoms with van der Waals surface area (Å²) in [5, 5.41) is 9.47. The Bertz CT molecular complexity index is 346. The molecule has 2 heterocycles. The number of hydrogen-bond acceptors (Lipinski definition) is 4. The summed E-state index contributed by atoms with van der Waals surface area (Å²) in [5.74, 6) is -0.0712. The SMILES string of the molecule is NC1C(=O)N2C=C(Cl)C[S+](C(=O)[O-])[C@H]12. The molecule has 1 fully saturated rings. The van der Waals surface area contributed by atoms with E-state index in [4.69, 9.17) is 17.3 Å². The molecule has 2 rings (SSSR count). The van der Waals surface area contributed by atoms with Crippen molar-refractivity contribution in [2.75, 3.05) is 5.75 Å². The number of halogens is 1. The molecule has 2 unspecified atom stereocenters. The Balaban J connectivity index is 2.29. The first-order chi connectivity index (χ1) is 6.52. The highest BCUT2D eigenvalue weighted by atomic mass is 35.5. The second-order valence-corrected chi connectivity index (χ2v) is 5.51. The molecule has 0 aliphatic carbocycles. The van der Waals surface area contributed by atoms with Crippen LogP contribution in [0.25, 0.3) is 0 Å². The monoisotopic (exact) mass is 234 g/mol. The fraction of sp³-hybridized carbons (Fsp3) is 0.429. The van der Waals surface area contributed by atoms with Crippen LogP contribution in [-0.4, -0.2) is 33.3 Å². The molecule has 1 saturated heterocycles. The van der Waals surface area contributed by atoms with E-state index >= 15 is 0 Å². The van der Waals surface area contributed by atoms with E-state index in [1.165, 1.54) is 11.1 Å². The third-order valence-electron chi connectivity index (χ3n) is 2.20. The molecule has 0 spiro atoms. The lowest BCUT2D eigenvalue weighted by Crippen LogP contribution is -2.72. The van der Waals surface area contributed by atoms with E-state index in [1.807, 2.05) is 0 Å². The molecular weight excluding hydrogens is 228 g/mol. The number of rotatable bonds is 0. The standard InChI is InChI=1S/C7H7ClN2O3S/c8-3-1-10-5(11)4(9)6(10)14(2-3)7(12)13/h1,4,6H,2,9H2/t4?,6-,14?/m1/s1. The van der Waals surface area contributed by atoms with Gasteiger partial charge in [-0.3, -0.25) is 9.69 Å². The lowest BCUT2D eigenvalue weighted by atomic mass is 10.1. The van der Waals surface area contributed by atoms with Gasteiger partial charge in [-0.2, -0.15) is 0 Å². The molecule has 7 heteroatoms. The van der Waals surface area contributed by atoms with Gasteiger partial charge in [0.05, 0.1) is 15.9 Å². The molecule has 0 bridgehead atoms. The minimum absolute atomic E-state index is 0.214. The first kappa shape index (κ1) is 9.82. The lowest BCUT2D eigenvalue weighted by Gasteiger charge is -2.43. The van der Waals surface area contributed by atoms with Crippen LogP contribution in [0.3, 0.4) is 0 Å². The Hall–Kier alpha value is -0.720. The van der Waals surface area contributed by atoms with Crippen LogP contribution in [-0.2, 0) is 15.7 Å². The van der Waals surface area contributed by atoms with Gasteiger partial charge >= 0.3 is 0 Å². The highest BCUT2D eigenvalue weighted by molar-refractivity contribution is 8.11. The van der Waals surface area contributed by atoms with Gasteiger partial charge in [0.1, 0.15) is 0 Å². The summed E-state index contributed by atoms with van der Waals surface area (Å²) in [7, 11) is -1.08. The van der Waals surface area contributed by atoms with Crippen LogP contribution in [0.15, 0.2) is 11.2 Å². The Kier molecular flexibility index (Phi) is 2.21. The van der Waals surface area contributed by atoms with Gasteiger partial charge in [0.2, 0.25) is 5.37 Å². The number of fused-ring (bicyclic) bond motifs is 1. The largest absolute Gasteiger partial charge is 0.504 e. The van der Waals surface area contributed by atoms with E-state index in [0.717, 1.165) is 0 Å². The van der Waals surface area contributed by atoms with Crippen molar-refractivity contribution < 1.29 is 14.7 Å². The molecule has 0 saturated carbocycles. The molecule has 76 valence electrons. The van der Waals surface area contributed by atoms with Crippen molar-refractivity contribution in [3.8, 4) is 0 Å². The number of carboxylic acid groups (broad SMARTS) is 1. The summed E-state index contributed by atoms with van der Waals surface area (Å²) >= 11 is 5.70. The fourth-order valence-corrected chi connectivity index (χ4v) is 3.77. The number of nitrogens with two attached hydrogens (primary N) is 1. The van der Waals surface area contributed by atoms with Crippen LogP contribution in [0.2, 0.25) is 0 Å². The van der Waals surface area contributed by atoms with Crippen molar-refractivity contribution in [1.82, 2.24) is 4.90 Å². The van der Waals surface area contributed by atoms with E-state index in [-0.39, 0.29) is 11.7 Å². The third-order valence-corrected chi connectivity index (χ3v) is 4.74. The first-order valence-electron chi connectivity index (χ1n) is 3.87. The Morgan fingerprint density at radius 1 is 1.79 bits per heavy atom. The summed E-state index contributed by atoms with van der Waals surface area (Å²) in [6, 6.07) is -0.725. The van der Waals surface area contributed by atoms with Crippen LogP contribution in [0, 0.1) is 0 Å². The Morgan fingerprint density at radius 3 is 3.00 bits per heavy atom. The fourth-order valence-electron chi connectivity index (χ4n) is 1.54. The second-order valence-electron chi connectivity index (χ2n) is 3.06. The van der Waals surface area contributed by atoms with Gasteiger partial charge in [-0.25, -0.2) is 0 Å². The lowest BCUT2D eigenvalue weighted by molar-refractivity contribution is -0.233. The number of hydrogen-bond donors (Lipinski definition) is 1. The molecule has 0 aromatic rings. The molecule has 2 aliphatic rings. The van der Waals surface area contributed by atoms with Crippen LogP contribution in [0.1, 0.15) is 0 Å². The van der Waals surface area contributed by atoms with E-state index < -0.39 is 27.6 Å². The Morgan fingerprint density at radius 2 is 2.43 bits per heavy atom. The summed E-state index contributed by atoms with van der Waals surface area (Å²) in [6.07, 6.45) is 1.45. The van der Waals surface area contributed by atoms with E-state index in [1.54, 1.807) is 0 Å². The summed E-state index contributed by atoms with van der Waals surface area (Å²) in [4.78, 5) is 23.2. The van der Waals surface area contributed by atoms with Crippen molar-refractivity contribution >= 4 is 33.7 Å². The molecule has 0 aromatic heterocycles. The molecule has 3 atom stereocenters. The van der Waals surface area contributed by atoms with Gasteiger partial charge < -0.3 is 15.6 Å². The topological polar surface area (TPSA) is 86.5 Å².